The molecule has 5 nitrogen and oxygen atoms in total. The Kier molecular flexibility index (Phi) is 6.45. The summed E-state index contributed by atoms with van der Waals surface area (Å²) in [6.45, 7) is 3.05. The van der Waals surface area contributed by atoms with Crippen molar-refractivity contribution in [2.45, 2.75) is 31.4 Å². The Morgan fingerprint density at radius 2 is 1.91 bits per heavy atom. The SMILES string of the molecule is O=C1Nc2ccc(F)cc2C1C=Nc1ccc(NCCN2CCCCC2)c(C(F)(F)F)c1. The molecule has 170 valence electrons. The van der Waals surface area contributed by atoms with E-state index in [1.165, 1.54) is 43.0 Å². The summed E-state index contributed by atoms with van der Waals surface area (Å²) in [6.07, 6.45) is 0.138. The number of carbonyl (C=O) groups is 1. The lowest BCUT2D eigenvalue weighted by Gasteiger charge is -2.26. The monoisotopic (exact) mass is 448 g/mol. The number of rotatable bonds is 6. The summed E-state index contributed by atoms with van der Waals surface area (Å²) >= 11 is 0. The molecule has 1 amide bonds. The average molecular weight is 448 g/mol. The molecule has 2 aliphatic rings. The number of amides is 1. The van der Waals surface area contributed by atoms with Gasteiger partial charge in [-0.3, -0.25) is 9.79 Å². The maximum absolute atomic E-state index is 13.6. The summed E-state index contributed by atoms with van der Waals surface area (Å²) < 4.78 is 54.5. The van der Waals surface area contributed by atoms with Gasteiger partial charge in [-0.1, -0.05) is 6.42 Å². The predicted octanol–water partition coefficient (Wildman–Crippen LogP) is 5.18. The van der Waals surface area contributed by atoms with Crippen LogP contribution in [0.4, 0.5) is 34.6 Å². The first-order valence-electron chi connectivity index (χ1n) is 10.6. The van der Waals surface area contributed by atoms with Gasteiger partial charge in [-0.05, 0) is 67.9 Å². The van der Waals surface area contributed by atoms with Crippen LogP contribution in [0.5, 0.6) is 0 Å². The number of aliphatic imine (C=N–C) groups is 1. The molecule has 0 bridgehead atoms. The lowest BCUT2D eigenvalue weighted by atomic mass is 10.0. The van der Waals surface area contributed by atoms with Crippen molar-refractivity contribution in [2.75, 3.05) is 36.8 Å². The zero-order valence-corrected chi connectivity index (χ0v) is 17.4. The lowest BCUT2D eigenvalue weighted by molar-refractivity contribution is -0.137. The van der Waals surface area contributed by atoms with Crippen LogP contribution in [0.3, 0.4) is 0 Å². The standard InChI is InChI=1S/C23H24F4N4O/c24-15-4-6-20-17(12-15)18(22(32)30-20)14-29-16-5-7-21(19(13-16)23(25,26)27)28-8-11-31-9-2-1-3-10-31/h4-7,12-14,18,28H,1-3,8-11H2,(H,30,32). The largest absolute Gasteiger partial charge is 0.418 e. The van der Waals surface area contributed by atoms with Gasteiger partial charge in [0.2, 0.25) is 5.91 Å². The van der Waals surface area contributed by atoms with Crippen LogP contribution in [0.15, 0.2) is 41.4 Å². The average Bonchev–Trinajstić information content (AvgIpc) is 3.07. The van der Waals surface area contributed by atoms with E-state index in [0.29, 0.717) is 24.3 Å². The van der Waals surface area contributed by atoms with E-state index in [9.17, 15) is 22.4 Å². The molecule has 2 aromatic carbocycles. The van der Waals surface area contributed by atoms with Crippen LogP contribution in [-0.4, -0.2) is 43.2 Å². The Bertz CT molecular complexity index is 1020. The molecule has 9 heteroatoms. The Balaban J connectivity index is 1.49. The molecule has 0 spiro atoms. The topological polar surface area (TPSA) is 56.7 Å². The molecule has 0 aliphatic carbocycles. The van der Waals surface area contributed by atoms with E-state index in [1.807, 2.05) is 0 Å². The van der Waals surface area contributed by atoms with Crippen molar-refractivity contribution in [1.29, 1.82) is 0 Å². The Morgan fingerprint density at radius 1 is 1.12 bits per heavy atom. The number of nitrogens with zero attached hydrogens (tertiary/aromatic N) is 2. The van der Waals surface area contributed by atoms with Gasteiger partial charge < -0.3 is 15.5 Å². The van der Waals surface area contributed by atoms with Gasteiger partial charge in [0.1, 0.15) is 11.7 Å². The molecule has 1 unspecified atom stereocenters. The second kappa shape index (κ2) is 9.28. The molecule has 2 aliphatic heterocycles. The van der Waals surface area contributed by atoms with Gasteiger partial charge in [-0.2, -0.15) is 13.2 Å². The third-order valence-corrected chi connectivity index (χ3v) is 5.76. The van der Waals surface area contributed by atoms with Gasteiger partial charge in [0, 0.05) is 30.7 Å². The highest BCUT2D eigenvalue weighted by molar-refractivity contribution is 6.12. The van der Waals surface area contributed by atoms with Crippen LogP contribution < -0.4 is 10.6 Å². The number of carbonyl (C=O) groups excluding carboxylic acids is 1. The number of alkyl halides is 3. The molecule has 0 aromatic heterocycles. The number of benzene rings is 2. The molecular weight excluding hydrogens is 424 g/mol. The van der Waals surface area contributed by atoms with Gasteiger partial charge in [0.05, 0.1) is 11.3 Å². The van der Waals surface area contributed by atoms with Crippen molar-refractivity contribution in [3.63, 3.8) is 0 Å². The van der Waals surface area contributed by atoms with Crippen molar-refractivity contribution in [2.24, 2.45) is 4.99 Å². The van der Waals surface area contributed by atoms with E-state index in [4.69, 9.17) is 0 Å². The fraction of sp³-hybridized carbons (Fsp3) is 0.391. The number of hydrogen-bond donors (Lipinski definition) is 2. The van der Waals surface area contributed by atoms with Gasteiger partial charge >= 0.3 is 6.18 Å². The molecule has 2 heterocycles. The molecule has 1 atom stereocenters. The Labute approximate surface area is 183 Å². The van der Waals surface area contributed by atoms with E-state index in [0.717, 1.165) is 32.0 Å². The van der Waals surface area contributed by atoms with Gasteiger partial charge in [-0.15, -0.1) is 0 Å². The van der Waals surface area contributed by atoms with E-state index >= 15 is 0 Å². The minimum Gasteiger partial charge on any atom is -0.383 e. The maximum atomic E-state index is 13.6. The second-order valence-corrected chi connectivity index (χ2v) is 8.03. The van der Waals surface area contributed by atoms with Gasteiger partial charge in [0.25, 0.3) is 0 Å². The normalized spacial score (nSPS) is 19.2. The molecule has 32 heavy (non-hydrogen) atoms. The van der Waals surface area contributed by atoms with Crippen molar-refractivity contribution in [3.8, 4) is 0 Å². The third kappa shape index (κ3) is 5.09. The number of likely N-dealkylation sites (tertiary alicyclic amines) is 1. The molecule has 4 rings (SSSR count). The van der Waals surface area contributed by atoms with Crippen LogP contribution in [0.25, 0.3) is 0 Å². The minimum absolute atomic E-state index is 0.000476. The molecule has 0 radical (unpaired) electrons. The van der Waals surface area contributed by atoms with Crippen molar-refractivity contribution in [3.05, 3.63) is 53.3 Å². The molecule has 2 N–H and O–H groups in total. The van der Waals surface area contributed by atoms with E-state index in [1.54, 1.807) is 0 Å². The summed E-state index contributed by atoms with van der Waals surface area (Å²) in [5.41, 5.74) is 0.132. The van der Waals surface area contributed by atoms with Crippen molar-refractivity contribution in [1.82, 2.24) is 4.90 Å². The highest BCUT2D eigenvalue weighted by Gasteiger charge is 2.34. The zero-order chi connectivity index (χ0) is 22.7. The van der Waals surface area contributed by atoms with Crippen LogP contribution in [-0.2, 0) is 11.0 Å². The smallest absolute Gasteiger partial charge is 0.383 e. The van der Waals surface area contributed by atoms with Gasteiger partial charge in [-0.25, -0.2) is 4.39 Å². The Morgan fingerprint density at radius 3 is 2.66 bits per heavy atom. The molecular formula is C23H24F4N4O. The van der Waals surface area contributed by atoms with Crippen LogP contribution >= 0.6 is 0 Å². The lowest BCUT2D eigenvalue weighted by Crippen LogP contribution is -2.33. The summed E-state index contributed by atoms with van der Waals surface area (Å²) in [4.78, 5) is 18.5. The van der Waals surface area contributed by atoms with E-state index < -0.39 is 29.4 Å². The first kappa shape index (κ1) is 22.3. The number of halogens is 4. The molecule has 1 fully saturated rings. The maximum Gasteiger partial charge on any atom is 0.418 e. The van der Waals surface area contributed by atoms with Crippen LogP contribution in [0.1, 0.15) is 36.3 Å². The fourth-order valence-electron chi connectivity index (χ4n) is 4.10. The minimum atomic E-state index is -4.56. The van der Waals surface area contributed by atoms with E-state index in [2.05, 4.69) is 20.5 Å². The van der Waals surface area contributed by atoms with Crippen molar-refractivity contribution < 1.29 is 22.4 Å². The summed E-state index contributed by atoms with van der Waals surface area (Å²) in [5.74, 6) is -1.77. The molecule has 1 saturated heterocycles. The second-order valence-electron chi connectivity index (χ2n) is 8.03. The third-order valence-electron chi connectivity index (χ3n) is 5.76. The predicted molar refractivity (Wildman–Crippen MR) is 116 cm³/mol. The van der Waals surface area contributed by atoms with Crippen molar-refractivity contribution >= 4 is 29.2 Å². The van der Waals surface area contributed by atoms with Crippen LogP contribution in [0.2, 0.25) is 0 Å². The van der Waals surface area contributed by atoms with Gasteiger partial charge in [0.15, 0.2) is 0 Å². The van der Waals surface area contributed by atoms with E-state index in [-0.39, 0.29) is 11.4 Å². The number of fused-ring (bicyclic) bond motifs is 1. The quantitative estimate of drug-likeness (QED) is 0.473. The number of anilines is 2. The van der Waals surface area contributed by atoms with Crippen LogP contribution in [0, 0.1) is 5.82 Å². The first-order valence-corrected chi connectivity index (χ1v) is 10.6. The fourth-order valence-corrected chi connectivity index (χ4v) is 4.10. The molecule has 0 saturated carbocycles. The highest BCUT2D eigenvalue weighted by atomic mass is 19.4. The summed E-state index contributed by atoms with van der Waals surface area (Å²) in [5, 5.41) is 5.51. The zero-order valence-electron chi connectivity index (χ0n) is 17.4. The summed E-state index contributed by atoms with van der Waals surface area (Å²) in [7, 11) is 0. The highest BCUT2D eigenvalue weighted by Crippen LogP contribution is 2.38. The molecule has 2 aromatic rings. The Hall–Kier alpha value is -2.94. The number of hydrogen-bond acceptors (Lipinski definition) is 4. The number of piperidine rings is 1. The summed E-state index contributed by atoms with van der Waals surface area (Å²) in [6, 6.07) is 7.68. The number of nitrogens with one attached hydrogen (secondary N) is 2. The first-order chi connectivity index (χ1) is 15.3.